The summed E-state index contributed by atoms with van der Waals surface area (Å²) in [6.45, 7) is 2.08. The first kappa shape index (κ1) is 16.0. The third kappa shape index (κ3) is 4.10. The number of thiophene rings is 1. The number of thiazole rings is 1. The molecule has 2 aromatic heterocycles. The standard InChI is InChI=1S/C15H14N4OS3/c1-9-10(6-11(22-9)7-17-19-14(16)20)8-21-15-18-12-4-2-3-5-13(12)23-15/h2-7H,8H2,1H3,(H3,16,19,20)/b17-7-. The molecule has 1 aromatic carbocycles. The molecule has 8 heteroatoms. The van der Waals surface area contributed by atoms with E-state index in [1.165, 1.54) is 15.1 Å². The van der Waals surface area contributed by atoms with Gasteiger partial charge in [-0.15, -0.1) is 22.7 Å². The zero-order valence-electron chi connectivity index (χ0n) is 12.3. The monoisotopic (exact) mass is 362 g/mol. The van der Waals surface area contributed by atoms with Crippen molar-refractivity contribution in [1.29, 1.82) is 0 Å². The Morgan fingerprint density at radius 1 is 1.43 bits per heavy atom. The van der Waals surface area contributed by atoms with E-state index in [1.54, 1.807) is 40.7 Å². The number of aromatic nitrogens is 1. The van der Waals surface area contributed by atoms with Crippen LogP contribution in [0.5, 0.6) is 0 Å². The van der Waals surface area contributed by atoms with Crippen LogP contribution >= 0.6 is 34.4 Å². The third-order valence-electron chi connectivity index (χ3n) is 3.03. The molecule has 0 bridgehead atoms. The smallest absolute Gasteiger partial charge is 0.332 e. The first-order chi connectivity index (χ1) is 11.1. The van der Waals surface area contributed by atoms with Gasteiger partial charge in [-0.05, 0) is 30.7 Å². The summed E-state index contributed by atoms with van der Waals surface area (Å²) in [7, 11) is 0. The fraction of sp³-hybridized carbons (Fsp3) is 0.133. The van der Waals surface area contributed by atoms with Gasteiger partial charge in [0.25, 0.3) is 0 Å². The molecule has 0 aliphatic heterocycles. The molecule has 3 rings (SSSR count). The lowest BCUT2D eigenvalue weighted by Gasteiger charge is -1.96. The molecule has 0 aliphatic rings. The molecular formula is C15H14N4OS3. The number of nitrogens with two attached hydrogens (primary N) is 1. The maximum Gasteiger partial charge on any atom is 0.332 e. The van der Waals surface area contributed by atoms with E-state index in [0.29, 0.717) is 0 Å². The summed E-state index contributed by atoms with van der Waals surface area (Å²) in [5.74, 6) is 0.860. The van der Waals surface area contributed by atoms with E-state index in [1.807, 2.05) is 18.2 Å². The molecular weight excluding hydrogens is 348 g/mol. The van der Waals surface area contributed by atoms with Crippen molar-refractivity contribution in [3.05, 3.63) is 45.6 Å². The Bertz CT molecular complexity index is 836. The van der Waals surface area contributed by atoms with E-state index < -0.39 is 6.03 Å². The van der Waals surface area contributed by atoms with Crippen molar-refractivity contribution in [2.45, 2.75) is 17.0 Å². The summed E-state index contributed by atoms with van der Waals surface area (Å²) in [4.78, 5) is 17.4. The second-order valence-electron chi connectivity index (χ2n) is 4.70. The SMILES string of the molecule is Cc1sc(/C=N\NC(N)=O)cc1CSc1nc2ccccc2s1. The topological polar surface area (TPSA) is 80.4 Å². The molecule has 5 nitrogen and oxygen atoms in total. The quantitative estimate of drug-likeness (QED) is 0.409. The Labute approximate surface area is 145 Å². The lowest BCUT2D eigenvalue weighted by Crippen LogP contribution is -2.24. The van der Waals surface area contributed by atoms with Crippen LogP contribution < -0.4 is 11.2 Å². The number of urea groups is 1. The molecule has 118 valence electrons. The number of carbonyl (C=O) groups excluding carboxylic acids is 1. The predicted molar refractivity (Wildman–Crippen MR) is 98.6 cm³/mol. The number of hydrogen-bond donors (Lipinski definition) is 2. The maximum atomic E-state index is 10.6. The van der Waals surface area contributed by atoms with Gasteiger partial charge in [-0.1, -0.05) is 23.9 Å². The molecule has 0 fully saturated rings. The Morgan fingerprint density at radius 2 is 2.26 bits per heavy atom. The number of hydrogen-bond acceptors (Lipinski definition) is 6. The van der Waals surface area contributed by atoms with Crippen LogP contribution in [0.1, 0.15) is 15.3 Å². The molecule has 0 aliphatic carbocycles. The van der Waals surface area contributed by atoms with E-state index >= 15 is 0 Å². The van der Waals surface area contributed by atoms with Crippen LogP contribution in [0.3, 0.4) is 0 Å². The van der Waals surface area contributed by atoms with E-state index in [9.17, 15) is 4.79 Å². The molecule has 0 saturated carbocycles. The van der Waals surface area contributed by atoms with Crippen LogP contribution in [-0.2, 0) is 5.75 Å². The summed E-state index contributed by atoms with van der Waals surface area (Å²) < 4.78 is 2.28. The van der Waals surface area contributed by atoms with Gasteiger partial charge in [0.15, 0.2) is 4.34 Å². The van der Waals surface area contributed by atoms with Gasteiger partial charge in [0, 0.05) is 15.5 Å². The van der Waals surface area contributed by atoms with Gasteiger partial charge in [-0.3, -0.25) is 0 Å². The first-order valence-corrected chi connectivity index (χ1v) is 9.40. The fourth-order valence-corrected chi connectivity index (χ4v) is 5.10. The fourth-order valence-electron chi connectivity index (χ4n) is 1.96. The van der Waals surface area contributed by atoms with Gasteiger partial charge in [-0.25, -0.2) is 15.2 Å². The zero-order chi connectivity index (χ0) is 16.2. The van der Waals surface area contributed by atoms with Crippen LogP contribution in [0, 0.1) is 6.92 Å². The van der Waals surface area contributed by atoms with Gasteiger partial charge >= 0.3 is 6.03 Å². The largest absolute Gasteiger partial charge is 0.350 e. The number of nitrogens with zero attached hydrogens (tertiary/aromatic N) is 2. The third-order valence-corrected chi connectivity index (χ3v) is 6.29. The summed E-state index contributed by atoms with van der Waals surface area (Å²) in [5, 5.41) is 3.79. The Hall–Kier alpha value is -1.90. The number of benzene rings is 1. The van der Waals surface area contributed by atoms with Crippen LogP contribution in [0.25, 0.3) is 10.2 Å². The molecule has 0 atom stereocenters. The second-order valence-corrected chi connectivity index (χ2v) is 8.24. The minimum atomic E-state index is -0.666. The van der Waals surface area contributed by atoms with E-state index in [4.69, 9.17) is 5.73 Å². The average Bonchev–Trinajstić information content (AvgIpc) is 3.07. The van der Waals surface area contributed by atoms with Crippen molar-refractivity contribution in [3.8, 4) is 0 Å². The number of hydrazone groups is 1. The van der Waals surface area contributed by atoms with E-state index in [0.717, 1.165) is 20.5 Å². The molecule has 0 unspecified atom stereocenters. The second kappa shape index (κ2) is 7.12. The van der Waals surface area contributed by atoms with E-state index in [2.05, 4.69) is 34.6 Å². The number of thioether (sulfide) groups is 1. The Balaban J connectivity index is 1.67. The summed E-state index contributed by atoms with van der Waals surface area (Å²) >= 11 is 5.08. The number of carbonyl (C=O) groups is 1. The highest BCUT2D eigenvalue weighted by Gasteiger charge is 2.08. The lowest BCUT2D eigenvalue weighted by atomic mass is 10.3. The van der Waals surface area contributed by atoms with Crippen LogP contribution in [0.4, 0.5) is 4.79 Å². The highest BCUT2D eigenvalue weighted by atomic mass is 32.2. The molecule has 2 heterocycles. The number of para-hydroxylation sites is 1. The number of primary amides is 1. The van der Waals surface area contributed by atoms with Crippen molar-refractivity contribution in [2.75, 3.05) is 0 Å². The molecule has 3 aromatic rings. The molecule has 0 radical (unpaired) electrons. The summed E-state index contributed by atoms with van der Waals surface area (Å²) in [5.41, 5.74) is 9.46. The highest BCUT2D eigenvalue weighted by molar-refractivity contribution is 8.00. The highest BCUT2D eigenvalue weighted by Crippen LogP contribution is 2.33. The van der Waals surface area contributed by atoms with Crippen molar-refractivity contribution in [3.63, 3.8) is 0 Å². The first-order valence-electron chi connectivity index (χ1n) is 6.78. The molecule has 0 saturated heterocycles. The normalized spacial score (nSPS) is 11.3. The molecule has 2 amide bonds. The van der Waals surface area contributed by atoms with Crippen molar-refractivity contribution in [1.82, 2.24) is 10.4 Å². The van der Waals surface area contributed by atoms with Crippen LogP contribution in [-0.4, -0.2) is 17.2 Å². The number of aryl methyl sites for hydroxylation is 1. The van der Waals surface area contributed by atoms with Gasteiger partial charge in [0.1, 0.15) is 0 Å². The predicted octanol–water partition coefficient (Wildman–Crippen LogP) is 3.96. The van der Waals surface area contributed by atoms with Gasteiger partial charge in [-0.2, -0.15) is 5.10 Å². The number of nitrogens with one attached hydrogen (secondary N) is 1. The molecule has 23 heavy (non-hydrogen) atoms. The van der Waals surface area contributed by atoms with Crippen molar-refractivity contribution < 1.29 is 4.79 Å². The van der Waals surface area contributed by atoms with Gasteiger partial charge < -0.3 is 5.73 Å². The summed E-state index contributed by atoms with van der Waals surface area (Å²) in [6.07, 6.45) is 1.61. The van der Waals surface area contributed by atoms with Crippen molar-refractivity contribution >= 4 is 56.9 Å². The minimum Gasteiger partial charge on any atom is -0.350 e. The lowest BCUT2D eigenvalue weighted by molar-refractivity contribution is 0.249. The number of amides is 2. The zero-order valence-corrected chi connectivity index (χ0v) is 14.7. The Morgan fingerprint density at radius 3 is 3.04 bits per heavy atom. The van der Waals surface area contributed by atoms with Crippen LogP contribution in [0.15, 0.2) is 39.8 Å². The average molecular weight is 363 g/mol. The summed E-state index contributed by atoms with van der Waals surface area (Å²) in [6, 6.07) is 9.57. The van der Waals surface area contributed by atoms with Gasteiger partial charge in [0.2, 0.25) is 0 Å². The van der Waals surface area contributed by atoms with Gasteiger partial charge in [0.05, 0.1) is 16.4 Å². The molecule has 0 spiro atoms. The molecule has 3 N–H and O–H groups in total. The number of fused-ring (bicyclic) bond motifs is 1. The van der Waals surface area contributed by atoms with Crippen molar-refractivity contribution in [2.24, 2.45) is 10.8 Å². The Kier molecular flexibility index (Phi) is 4.94. The maximum absolute atomic E-state index is 10.6. The minimum absolute atomic E-state index is 0.666. The van der Waals surface area contributed by atoms with Crippen LogP contribution in [0.2, 0.25) is 0 Å². The number of rotatable bonds is 5. The van der Waals surface area contributed by atoms with E-state index in [-0.39, 0.29) is 0 Å².